The molecule has 2 aromatic rings. The molecule has 0 atom stereocenters. The summed E-state index contributed by atoms with van der Waals surface area (Å²) in [6.45, 7) is 6.41. The van der Waals surface area contributed by atoms with E-state index in [1.54, 1.807) is 35.4 Å². The number of hydrogen-bond acceptors (Lipinski definition) is 5. The van der Waals surface area contributed by atoms with E-state index in [1.165, 1.54) is 0 Å². The van der Waals surface area contributed by atoms with Gasteiger partial charge < -0.3 is 14.7 Å². The first kappa shape index (κ1) is 19.9. The number of amides is 1. The largest absolute Gasteiger partial charge is 0.482 e. The highest BCUT2D eigenvalue weighted by Crippen LogP contribution is 2.25. The van der Waals surface area contributed by atoms with Crippen LogP contribution in [-0.4, -0.2) is 40.5 Å². The summed E-state index contributed by atoms with van der Waals surface area (Å²) in [6.07, 6.45) is 0.281. The molecule has 1 aromatic carbocycles. The molecule has 140 valence electrons. The predicted octanol–water partition coefficient (Wildman–Crippen LogP) is 3.11. The van der Waals surface area contributed by atoms with Gasteiger partial charge in [-0.15, -0.1) is 11.3 Å². The topological polar surface area (TPSA) is 79.7 Å². The molecule has 0 aliphatic rings. The molecule has 26 heavy (non-hydrogen) atoms. The molecule has 1 heterocycles. The zero-order valence-electron chi connectivity index (χ0n) is 15.5. The number of benzene rings is 1. The minimum Gasteiger partial charge on any atom is -0.482 e. The van der Waals surface area contributed by atoms with Crippen LogP contribution in [0.15, 0.2) is 29.6 Å². The van der Waals surface area contributed by atoms with Gasteiger partial charge in [0.2, 0.25) is 5.91 Å². The molecular weight excluding hydrogens is 352 g/mol. The van der Waals surface area contributed by atoms with Crippen molar-refractivity contribution in [3.8, 4) is 5.75 Å². The van der Waals surface area contributed by atoms with Crippen LogP contribution in [0.1, 0.15) is 37.0 Å². The lowest BCUT2D eigenvalue weighted by Gasteiger charge is -2.17. The summed E-state index contributed by atoms with van der Waals surface area (Å²) < 4.78 is 5.10. The number of aliphatic carboxylic acids is 1. The molecule has 0 aliphatic carbocycles. The Labute approximate surface area is 157 Å². The summed E-state index contributed by atoms with van der Waals surface area (Å²) >= 11 is 1.58. The number of thiazole rings is 1. The van der Waals surface area contributed by atoms with Crippen LogP contribution in [0.2, 0.25) is 0 Å². The fourth-order valence-electron chi connectivity index (χ4n) is 2.22. The van der Waals surface area contributed by atoms with E-state index in [-0.39, 0.29) is 24.3 Å². The minimum absolute atomic E-state index is 0.00182. The zero-order chi connectivity index (χ0) is 19.3. The number of carbonyl (C=O) groups is 2. The Balaban J connectivity index is 1.90. The molecule has 0 saturated heterocycles. The van der Waals surface area contributed by atoms with Gasteiger partial charge in [0.05, 0.1) is 17.1 Å². The van der Waals surface area contributed by atoms with Crippen molar-refractivity contribution >= 4 is 23.2 Å². The molecule has 0 unspecified atom stereocenters. The standard InChI is InChI=1S/C19H24N2O4S/c1-19(2,3)18-20-14(12-26-18)9-16(22)21(4)10-13-5-7-15(8-6-13)25-11-17(23)24/h5-8,12H,9-11H2,1-4H3,(H,23,24). The van der Waals surface area contributed by atoms with Gasteiger partial charge in [-0.2, -0.15) is 0 Å². The van der Waals surface area contributed by atoms with Gasteiger partial charge >= 0.3 is 5.97 Å². The first-order valence-electron chi connectivity index (χ1n) is 8.27. The summed E-state index contributed by atoms with van der Waals surface area (Å²) in [6, 6.07) is 7.04. The third-order valence-electron chi connectivity index (χ3n) is 3.66. The first-order chi connectivity index (χ1) is 12.1. The third-order valence-corrected chi connectivity index (χ3v) is 4.97. The van der Waals surface area contributed by atoms with E-state index >= 15 is 0 Å². The van der Waals surface area contributed by atoms with E-state index in [2.05, 4.69) is 25.8 Å². The molecule has 0 saturated carbocycles. The Kier molecular flexibility index (Phi) is 6.37. The van der Waals surface area contributed by atoms with Crippen LogP contribution in [-0.2, 0) is 28.0 Å². The zero-order valence-corrected chi connectivity index (χ0v) is 16.3. The molecular formula is C19H24N2O4S. The van der Waals surface area contributed by atoms with Crippen molar-refractivity contribution < 1.29 is 19.4 Å². The number of hydrogen-bond donors (Lipinski definition) is 1. The van der Waals surface area contributed by atoms with Crippen LogP contribution in [0.5, 0.6) is 5.75 Å². The van der Waals surface area contributed by atoms with Crippen LogP contribution < -0.4 is 4.74 Å². The van der Waals surface area contributed by atoms with E-state index in [0.717, 1.165) is 16.3 Å². The van der Waals surface area contributed by atoms with E-state index in [1.807, 2.05) is 17.5 Å². The number of rotatable bonds is 7. The highest BCUT2D eigenvalue weighted by atomic mass is 32.1. The van der Waals surface area contributed by atoms with Gasteiger partial charge in [0, 0.05) is 24.4 Å². The molecule has 6 nitrogen and oxygen atoms in total. The normalized spacial score (nSPS) is 11.2. The Morgan fingerprint density at radius 1 is 1.23 bits per heavy atom. The van der Waals surface area contributed by atoms with Gasteiger partial charge in [0.15, 0.2) is 6.61 Å². The van der Waals surface area contributed by atoms with Crippen molar-refractivity contribution in [2.24, 2.45) is 0 Å². The summed E-state index contributed by atoms with van der Waals surface area (Å²) in [4.78, 5) is 29.1. The van der Waals surface area contributed by atoms with Crippen molar-refractivity contribution in [2.45, 2.75) is 39.2 Å². The molecule has 7 heteroatoms. The van der Waals surface area contributed by atoms with Crippen LogP contribution in [0.25, 0.3) is 0 Å². The van der Waals surface area contributed by atoms with Crippen molar-refractivity contribution in [1.82, 2.24) is 9.88 Å². The number of carbonyl (C=O) groups excluding carboxylic acids is 1. The first-order valence-corrected chi connectivity index (χ1v) is 9.15. The molecule has 0 bridgehead atoms. The number of nitrogens with zero attached hydrogens (tertiary/aromatic N) is 2. The van der Waals surface area contributed by atoms with Gasteiger partial charge in [-0.05, 0) is 17.7 Å². The lowest BCUT2D eigenvalue weighted by molar-refractivity contribution is -0.139. The highest BCUT2D eigenvalue weighted by Gasteiger charge is 2.19. The molecule has 1 aromatic heterocycles. The predicted molar refractivity (Wildman–Crippen MR) is 101 cm³/mol. The monoisotopic (exact) mass is 376 g/mol. The Hall–Kier alpha value is -2.41. The minimum atomic E-state index is -1.02. The Morgan fingerprint density at radius 3 is 2.42 bits per heavy atom. The van der Waals surface area contributed by atoms with Gasteiger partial charge in [0.1, 0.15) is 5.75 Å². The fraction of sp³-hybridized carbons (Fsp3) is 0.421. The maximum atomic E-state index is 12.4. The Bertz CT molecular complexity index is 763. The van der Waals surface area contributed by atoms with E-state index < -0.39 is 5.97 Å². The highest BCUT2D eigenvalue weighted by molar-refractivity contribution is 7.09. The van der Waals surface area contributed by atoms with Crippen molar-refractivity contribution in [3.63, 3.8) is 0 Å². The molecule has 2 rings (SSSR count). The second kappa shape index (κ2) is 8.31. The lowest BCUT2D eigenvalue weighted by Crippen LogP contribution is -2.27. The lowest BCUT2D eigenvalue weighted by atomic mass is 9.98. The summed E-state index contributed by atoms with van der Waals surface area (Å²) in [5.41, 5.74) is 1.73. The van der Waals surface area contributed by atoms with Crippen LogP contribution in [0.3, 0.4) is 0 Å². The van der Waals surface area contributed by atoms with Crippen LogP contribution in [0.4, 0.5) is 0 Å². The van der Waals surface area contributed by atoms with Gasteiger partial charge in [-0.1, -0.05) is 32.9 Å². The van der Waals surface area contributed by atoms with Crippen molar-refractivity contribution in [2.75, 3.05) is 13.7 Å². The summed E-state index contributed by atoms with van der Waals surface area (Å²) in [5.74, 6) is -0.527. The molecule has 0 spiro atoms. The molecule has 1 amide bonds. The van der Waals surface area contributed by atoms with E-state index in [9.17, 15) is 9.59 Å². The van der Waals surface area contributed by atoms with Crippen LogP contribution >= 0.6 is 11.3 Å². The molecule has 0 fully saturated rings. The average molecular weight is 376 g/mol. The van der Waals surface area contributed by atoms with Gasteiger partial charge in [-0.25, -0.2) is 9.78 Å². The Morgan fingerprint density at radius 2 is 1.88 bits per heavy atom. The molecule has 1 N–H and O–H groups in total. The van der Waals surface area contributed by atoms with Crippen LogP contribution in [0, 0.1) is 0 Å². The van der Waals surface area contributed by atoms with E-state index in [4.69, 9.17) is 9.84 Å². The second-order valence-corrected chi connectivity index (χ2v) is 8.01. The third kappa shape index (κ3) is 5.84. The van der Waals surface area contributed by atoms with Crippen molar-refractivity contribution in [3.05, 3.63) is 45.9 Å². The number of carboxylic acids is 1. The number of likely N-dealkylation sites (N-methyl/N-ethyl adjacent to an activating group) is 1. The smallest absolute Gasteiger partial charge is 0.341 e. The van der Waals surface area contributed by atoms with Gasteiger partial charge in [-0.3, -0.25) is 4.79 Å². The average Bonchev–Trinajstić information content (AvgIpc) is 3.03. The van der Waals surface area contributed by atoms with Gasteiger partial charge in [0.25, 0.3) is 0 Å². The fourth-order valence-corrected chi connectivity index (χ4v) is 3.13. The maximum absolute atomic E-state index is 12.4. The number of ether oxygens (including phenoxy) is 1. The SMILES string of the molecule is CN(Cc1ccc(OCC(=O)O)cc1)C(=O)Cc1csc(C(C)(C)C)n1. The summed E-state index contributed by atoms with van der Waals surface area (Å²) in [5, 5.41) is 11.6. The molecule has 0 radical (unpaired) electrons. The number of aromatic nitrogens is 1. The quantitative estimate of drug-likeness (QED) is 0.803. The van der Waals surface area contributed by atoms with Crippen molar-refractivity contribution in [1.29, 1.82) is 0 Å². The molecule has 0 aliphatic heterocycles. The van der Waals surface area contributed by atoms with E-state index in [0.29, 0.717) is 12.3 Å². The summed E-state index contributed by atoms with van der Waals surface area (Å²) in [7, 11) is 1.76. The second-order valence-electron chi connectivity index (χ2n) is 7.15. The number of carboxylic acid groups (broad SMARTS) is 1. The maximum Gasteiger partial charge on any atom is 0.341 e.